The zero-order chi connectivity index (χ0) is 7.56. The van der Waals surface area contributed by atoms with Gasteiger partial charge in [-0.3, -0.25) is 0 Å². The maximum Gasteiger partial charge on any atom is 0.183 e. The summed E-state index contributed by atoms with van der Waals surface area (Å²) in [4.78, 5) is 1.55. The van der Waals surface area contributed by atoms with E-state index in [-0.39, 0.29) is 5.88 Å². The molecule has 1 heterocycles. The molecular formula is C6H11NOS. The Morgan fingerprint density at radius 2 is 2.78 bits per heavy atom. The van der Waals surface area contributed by atoms with Crippen LogP contribution in [-0.4, -0.2) is 22.4 Å². The lowest BCUT2D eigenvalue weighted by atomic mass is 10.2. The molecule has 0 radical (unpaired) electrons. The van der Waals surface area contributed by atoms with Crippen LogP contribution >= 0.6 is 12.6 Å². The molecule has 0 amide bonds. The summed E-state index contributed by atoms with van der Waals surface area (Å²) in [5, 5.41) is 9.16. The summed E-state index contributed by atoms with van der Waals surface area (Å²) in [5.74, 6) is -0.433. The van der Waals surface area contributed by atoms with Crippen molar-refractivity contribution in [2.45, 2.75) is 12.8 Å². The van der Waals surface area contributed by atoms with E-state index in [0.29, 0.717) is 0 Å². The van der Waals surface area contributed by atoms with E-state index in [2.05, 4.69) is 12.6 Å². The standard InChI is InChI=1S/C6H11NOS/c8-6-3-1-2-4-7(6)5-9/h3,8-9H,1-2,4-5H2/i5T. The predicted octanol–water partition coefficient (Wildman–Crippen LogP) is 1.37. The topological polar surface area (TPSA) is 23.5 Å². The molecular weight excluding hydrogens is 134 g/mol. The summed E-state index contributed by atoms with van der Waals surface area (Å²) in [6.07, 6.45) is 3.63. The van der Waals surface area contributed by atoms with E-state index in [0.717, 1.165) is 19.4 Å². The summed E-state index contributed by atoms with van der Waals surface area (Å²) in [6, 6.07) is 0. The van der Waals surface area contributed by atoms with Gasteiger partial charge in [0.15, 0.2) is 5.88 Å². The van der Waals surface area contributed by atoms with Gasteiger partial charge >= 0.3 is 0 Å². The van der Waals surface area contributed by atoms with Crippen LogP contribution in [0, 0.1) is 0 Å². The van der Waals surface area contributed by atoms with E-state index in [1.807, 2.05) is 0 Å². The largest absolute Gasteiger partial charge is 0.495 e. The Labute approximate surface area is 62.0 Å². The molecule has 0 aromatic heterocycles. The van der Waals surface area contributed by atoms with E-state index in [4.69, 9.17) is 6.48 Å². The zero-order valence-electron chi connectivity index (χ0n) is 6.12. The Morgan fingerprint density at radius 3 is 3.22 bits per heavy atom. The fourth-order valence-electron chi connectivity index (χ4n) is 0.841. The van der Waals surface area contributed by atoms with Crippen LogP contribution in [0.2, 0.25) is 0 Å². The minimum atomic E-state index is -0.628. The van der Waals surface area contributed by atoms with Crippen LogP contribution in [0.4, 0.5) is 0 Å². The molecule has 1 aliphatic heterocycles. The van der Waals surface area contributed by atoms with Crippen LogP contribution in [0.25, 0.3) is 0 Å². The summed E-state index contributed by atoms with van der Waals surface area (Å²) in [7, 11) is 0. The van der Waals surface area contributed by atoms with Gasteiger partial charge in [0.1, 0.15) is 0 Å². The van der Waals surface area contributed by atoms with E-state index < -0.39 is 5.85 Å². The lowest BCUT2D eigenvalue weighted by Gasteiger charge is -2.23. The van der Waals surface area contributed by atoms with Crippen molar-refractivity contribution >= 4 is 12.6 Å². The first kappa shape index (κ1) is 5.47. The maximum absolute atomic E-state index is 9.16. The second kappa shape index (κ2) is 3.01. The van der Waals surface area contributed by atoms with Crippen molar-refractivity contribution < 1.29 is 6.48 Å². The van der Waals surface area contributed by atoms with Crippen LogP contribution in [0.1, 0.15) is 14.2 Å². The van der Waals surface area contributed by atoms with Crippen molar-refractivity contribution in [1.82, 2.24) is 4.90 Å². The Morgan fingerprint density at radius 1 is 2.00 bits per heavy atom. The van der Waals surface area contributed by atoms with Gasteiger partial charge in [0, 0.05) is 6.54 Å². The molecule has 0 bridgehead atoms. The molecule has 0 aromatic carbocycles. The molecule has 1 unspecified atom stereocenters. The lowest BCUT2D eigenvalue weighted by Crippen LogP contribution is -2.25. The summed E-state index contributed by atoms with van der Waals surface area (Å²) in [5.41, 5.74) is 0. The van der Waals surface area contributed by atoms with Crippen molar-refractivity contribution in [2.75, 3.05) is 12.4 Å². The van der Waals surface area contributed by atoms with Gasteiger partial charge < -0.3 is 10.0 Å². The van der Waals surface area contributed by atoms with Gasteiger partial charge in [0.25, 0.3) is 0 Å². The fourth-order valence-corrected chi connectivity index (χ4v) is 1.08. The van der Waals surface area contributed by atoms with Gasteiger partial charge in [0.2, 0.25) is 0 Å². The Bertz CT molecular complexity index is 149. The Hall–Kier alpha value is -0.310. The van der Waals surface area contributed by atoms with Gasteiger partial charge in [-0.15, -0.1) is 0 Å². The number of aliphatic hydroxyl groups is 1. The average Bonchev–Trinajstić information content (AvgIpc) is 1.88. The number of rotatable bonds is 1. The highest BCUT2D eigenvalue weighted by Crippen LogP contribution is 2.11. The Balaban J connectivity index is 2.58. The number of hydrogen-bond acceptors (Lipinski definition) is 3. The Kier molecular flexibility index (Phi) is 1.83. The first-order valence-electron chi connectivity index (χ1n) is 3.55. The third kappa shape index (κ3) is 1.55. The molecule has 0 saturated heterocycles. The van der Waals surface area contributed by atoms with Crippen LogP contribution < -0.4 is 0 Å². The third-order valence-electron chi connectivity index (χ3n) is 1.36. The van der Waals surface area contributed by atoms with Crippen LogP contribution in [0.5, 0.6) is 0 Å². The van der Waals surface area contributed by atoms with Gasteiger partial charge in [-0.05, 0) is 18.9 Å². The number of allylic oxidation sites excluding steroid dienone is 1. The van der Waals surface area contributed by atoms with Gasteiger partial charge in [-0.1, -0.05) is 0 Å². The molecule has 2 nitrogen and oxygen atoms in total. The van der Waals surface area contributed by atoms with Crippen LogP contribution in [0.15, 0.2) is 12.0 Å². The predicted molar refractivity (Wildman–Crippen MR) is 40.5 cm³/mol. The highest BCUT2D eigenvalue weighted by Gasteiger charge is 2.08. The molecule has 0 fully saturated rings. The molecule has 0 aromatic rings. The van der Waals surface area contributed by atoms with Crippen molar-refractivity contribution in [2.24, 2.45) is 0 Å². The molecule has 0 saturated carbocycles. The summed E-state index contributed by atoms with van der Waals surface area (Å²) < 4.78 is 7.19. The minimum Gasteiger partial charge on any atom is -0.495 e. The SMILES string of the molecule is [3H]C(S)N1CCCC=C1O. The molecule has 3 heteroatoms. The summed E-state index contributed by atoms with van der Waals surface area (Å²) in [6.45, 7) is 0.736. The normalized spacial score (nSPS) is 24.8. The molecule has 1 rings (SSSR count). The third-order valence-corrected chi connectivity index (χ3v) is 1.64. The second-order valence-electron chi connectivity index (χ2n) is 2.01. The van der Waals surface area contributed by atoms with E-state index >= 15 is 0 Å². The highest BCUT2D eigenvalue weighted by molar-refractivity contribution is 7.80. The number of aliphatic hydroxyl groups excluding tert-OH is 1. The van der Waals surface area contributed by atoms with Crippen molar-refractivity contribution in [3.05, 3.63) is 12.0 Å². The maximum atomic E-state index is 9.16. The number of nitrogens with zero attached hydrogens (tertiary/aromatic N) is 1. The molecule has 0 spiro atoms. The van der Waals surface area contributed by atoms with Gasteiger partial charge in [0.05, 0.1) is 7.22 Å². The lowest BCUT2D eigenvalue weighted by molar-refractivity contribution is 0.210. The van der Waals surface area contributed by atoms with Crippen LogP contribution in [-0.2, 0) is 0 Å². The smallest absolute Gasteiger partial charge is 0.183 e. The van der Waals surface area contributed by atoms with E-state index in [1.54, 1.807) is 11.0 Å². The molecule has 1 atom stereocenters. The van der Waals surface area contributed by atoms with E-state index in [1.165, 1.54) is 0 Å². The first-order chi connectivity index (χ1) is 4.72. The average molecular weight is 147 g/mol. The molecule has 1 N–H and O–H groups in total. The molecule has 1 aliphatic rings. The van der Waals surface area contributed by atoms with Crippen molar-refractivity contribution in [1.29, 1.82) is 0 Å². The highest BCUT2D eigenvalue weighted by atomic mass is 32.1. The molecule has 0 aliphatic carbocycles. The van der Waals surface area contributed by atoms with E-state index in [9.17, 15) is 0 Å². The fraction of sp³-hybridized carbons (Fsp3) is 0.667. The minimum absolute atomic E-state index is 0.196. The van der Waals surface area contributed by atoms with Crippen molar-refractivity contribution in [3.63, 3.8) is 0 Å². The summed E-state index contributed by atoms with van der Waals surface area (Å²) >= 11 is 3.89. The van der Waals surface area contributed by atoms with Crippen molar-refractivity contribution in [3.8, 4) is 0 Å². The molecule has 9 heavy (non-hydrogen) atoms. The monoisotopic (exact) mass is 147 g/mol. The van der Waals surface area contributed by atoms with Gasteiger partial charge in [-0.25, -0.2) is 0 Å². The van der Waals surface area contributed by atoms with Gasteiger partial charge in [-0.2, -0.15) is 12.6 Å². The van der Waals surface area contributed by atoms with Crippen LogP contribution in [0.3, 0.4) is 0 Å². The number of thiol groups is 1. The molecule has 52 valence electrons. The number of hydrogen-bond donors (Lipinski definition) is 2. The quantitative estimate of drug-likeness (QED) is 0.547. The zero-order valence-corrected chi connectivity index (χ0v) is 6.01. The first-order valence-corrected chi connectivity index (χ1v) is 3.49. The second-order valence-corrected chi connectivity index (χ2v) is 2.24.